The first-order chi connectivity index (χ1) is 10.6. The summed E-state index contributed by atoms with van der Waals surface area (Å²) in [7, 11) is 0. The Morgan fingerprint density at radius 3 is 2.78 bits per heavy atom. The summed E-state index contributed by atoms with van der Waals surface area (Å²) in [6.07, 6.45) is -0.0168. The number of aliphatic hydroxyl groups is 1. The van der Waals surface area contributed by atoms with E-state index in [1.165, 1.54) is 0 Å². The predicted molar refractivity (Wildman–Crippen MR) is 91.0 cm³/mol. The lowest BCUT2D eigenvalue weighted by atomic mass is 10.2. The third-order valence-electron chi connectivity index (χ3n) is 3.49. The maximum Gasteiger partial charge on any atom is 0.237 e. The van der Waals surface area contributed by atoms with Crippen LogP contribution in [0.15, 0.2) is 28.7 Å². The number of aromatic nitrogens is 3. The van der Waals surface area contributed by atoms with E-state index in [9.17, 15) is 9.90 Å². The highest BCUT2D eigenvalue weighted by atomic mass is 79.9. The van der Waals surface area contributed by atoms with Crippen LogP contribution >= 0.6 is 28.3 Å². The molecule has 2 heterocycles. The SMILES string of the molecule is Cl.O=C(NCc1nc(-c2ccc(Br)cc2)n[nH]1)C1CC(O)CN1. The summed E-state index contributed by atoms with van der Waals surface area (Å²) >= 11 is 3.38. The molecule has 1 fully saturated rings. The molecule has 0 radical (unpaired) electrons. The van der Waals surface area contributed by atoms with E-state index in [0.29, 0.717) is 24.6 Å². The zero-order valence-electron chi connectivity index (χ0n) is 12.1. The van der Waals surface area contributed by atoms with Crippen LogP contribution in [0.2, 0.25) is 0 Å². The molecule has 7 nitrogen and oxygen atoms in total. The molecule has 0 spiro atoms. The molecule has 23 heavy (non-hydrogen) atoms. The maximum absolute atomic E-state index is 11.9. The van der Waals surface area contributed by atoms with Crippen molar-refractivity contribution in [1.82, 2.24) is 25.8 Å². The first-order valence-corrected chi connectivity index (χ1v) is 7.77. The molecule has 0 aliphatic carbocycles. The average Bonchev–Trinajstić information content (AvgIpc) is 3.15. The largest absolute Gasteiger partial charge is 0.392 e. The molecule has 1 aliphatic rings. The molecule has 2 atom stereocenters. The van der Waals surface area contributed by atoms with Crippen LogP contribution in [0.1, 0.15) is 12.2 Å². The summed E-state index contributed by atoms with van der Waals surface area (Å²) in [6, 6.07) is 7.33. The van der Waals surface area contributed by atoms with Crippen LogP contribution in [0.4, 0.5) is 0 Å². The Bertz CT molecular complexity index is 663. The third-order valence-corrected chi connectivity index (χ3v) is 4.02. The fourth-order valence-corrected chi connectivity index (χ4v) is 2.58. The van der Waals surface area contributed by atoms with Gasteiger partial charge in [0.25, 0.3) is 0 Å². The van der Waals surface area contributed by atoms with Crippen molar-refractivity contribution in [3.8, 4) is 11.4 Å². The van der Waals surface area contributed by atoms with Crippen LogP contribution in [0, 0.1) is 0 Å². The number of halogens is 2. The van der Waals surface area contributed by atoms with Crippen molar-refractivity contribution in [2.24, 2.45) is 0 Å². The molecule has 4 N–H and O–H groups in total. The number of benzene rings is 1. The number of nitrogens with one attached hydrogen (secondary N) is 3. The zero-order valence-corrected chi connectivity index (χ0v) is 14.5. The number of β-amino-alcohol motifs (C(OH)–C–C–N with tert-alkyl or cyclic N) is 1. The van der Waals surface area contributed by atoms with Crippen LogP contribution in [-0.4, -0.2) is 44.9 Å². The number of rotatable bonds is 4. The lowest BCUT2D eigenvalue weighted by molar-refractivity contribution is -0.123. The Balaban J connectivity index is 0.00000192. The van der Waals surface area contributed by atoms with Crippen LogP contribution in [-0.2, 0) is 11.3 Å². The van der Waals surface area contributed by atoms with Crippen LogP contribution in [0.3, 0.4) is 0 Å². The van der Waals surface area contributed by atoms with Gasteiger partial charge in [-0.15, -0.1) is 12.4 Å². The molecule has 9 heteroatoms. The Morgan fingerprint density at radius 2 is 2.13 bits per heavy atom. The van der Waals surface area contributed by atoms with Crippen molar-refractivity contribution >= 4 is 34.2 Å². The molecule has 2 aromatic rings. The minimum atomic E-state index is -0.454. The summed E-state index contributed by atoms with van der Waals surface area (Å²) < 4.78 is 0.991. The predicted octanol–water partition coefficient (Wildman–Crippen LogP) is 0.995. The topological polar surface area (TPSA) is 103 Å². The third kappa shape index (κ3) is 4.51. The van der Waals surface area contributed by atoms with Crippen molar-refractivity contribution in [1.29, 1.82) is 0 Å². The second-order valence-electron chi connectivity index (χ2n) is 5.18. The van der Waals surface area contributed by atoms with Crippen molar-refractivity contribution in [3.05, 3.63) is 34.6 Å². The normalized spacial score (nSPS) is 20.1. The van der Waals surface area contributed by atoms with Crippen molar-refractivity contribution < 1.29 is 9.90 Å². The van der Waals surface area contributed by atoms with E-state index in [1.807, 2.05) is 24.3 Å². The van der Waals surface area contributed by atoms with E-state index < -0.39 is 6.10 Å². The number of hydrogen-bond acceptors (Lipinski definition) is 5. The minimum absolute atomic E-state index is 0. The number of amides is 1. The Morgan fingerprint density at radius 1 is 1.39 bits per heavy atom. The van der Waals surface area contributed by atoms with Gasteiger partial charge in [0.1, 0.15) is 5.82 Å². The van der Waals surface area contributed by atoms with Crippen molar-refractivity contribution in [3.63, 3.8) is 0 Å². The van der Waals surface area contributed by atoms with Gasteiger partial charge in [0.2, 0.25) is 5.91 Å². The highest BCUT2D eigenvalue weighted by molar-refractivity contribution is 9.10. The number of carbonyl (C=O) groups excluding carboxylic acids is 1. The molecule has 2 unspecified atom stereocenters. The van der Waals surface area contributed by atoms with Crippen molar-refractivity contribution in [2.75, 3.05) is 6.54 Å². The smallest absolute Gasteiger partial charge is 0.237 e. The lowest BCUT2D eigenvalue weighted by Gasteiger charge is -2.09. The van der Waals surface area contributed by atoms with Gasteiger partial charge < -0.3 is 15.7 Å². The highest BCUT2D eigenvalue weighted by Gasteiger charge is 2.27. The molecule has 0 bridgehead atoms. The molecule has 124 valence electrons. The van der Waals surface area contributed by atoms with Gasteiger partial charge in [-0.25, -0.2) is 4.98 Å². The summed E-state index contributed by atoms with van der Waals surface area (Å²) in [5.74, 6) is 1.04. The summed E-state index contributed by atoms with van der Waals surface area (Å²) in [5.41, 5.74) is 0.901. The molecular weight excluding hydrogens is 386 g/mol. The first-order valence-electron chi connectivity index (χ1n) is 6.98. The zero-order chi connectivity index (χ0) is 15.5. The minimum Gasteiger partial charge on any atom is -0.392 e. The lowest BCUT2D eigenvalue weighted by Crippen LogP contribution is -2.40. The van der Waals surface area contributed by atoms with E-state index >= 15 is 0 Å². The molecular formula is C14H17BrClN5O2. The van der Waals surface area contributed by atoms with Crippen molar-refractivity contribution in [2.45, 2.75) is 25.1 Å². The highest BCUT2D eigenvalue weighted by Crippen LogP contribution is 2.18. The maximum atomic E-state index is 11.9. The molecule has 1 saturated heterocycles. The number of aliphatic hydroxyl groups excluding tert-OH is 1. The van der Waals surface area contributed by atoms with Gasteiger partial charge in [-0.1, -0.05) is 28.1 Å². The van der Waals surface area contributed by atoms with Gasteiger partial charge in [-0.05, 0) is 18.6 Å². The van der Waals surface area contributed by atoms with Crippen LogP contribution < -0.4 is 10.6 Å². The molecule has 1 aromatic carbocycles. The molecule has 3 rings (SSSR count). The number of aromatic amines is 1. The molecule has 0 saturated carbocycles. The van der Waals surface area contributed by atoms with Crippen LogP contribution in [0.5, 0.6) is 0 Å². The van der Waals surface area contributed by atoms with E-state index in [4.69, 9.17) is 0 Å². The molecule has 1 aromatic heterocycles. The quantitative estimate of drug-likeness (QED) is 0.611. The van der Waals surface area contributed by atoms with E-state index in [0.717, 1.165) is 10.0 Å². The van der Waals surface area contributed by atoms with Gasteiger partial charge in [0, 0.05) is 16.6 Å². The van der Waals surface area contributed by atoms with Gasteiger partial charge in [-0.3, -0.25) is 9.89 Å². The van der Waals surface area contributed by atoms with Gasteiger partial charge in [-0.2, -0.15) is 5.10 Å². The summed E-state index contributed by atoms with van der Waals surface area (Å²) in [4.78, 5) is 16.3. The Labute approximate surface area is 147 Å². The number of hydrogen-bond donors (Lipinski definition) is 4. The fraction of sp³-hybridized carbons (Fsp3) is 0.357. The van der Waals surface area contributed by atoms with Crippen LogP contribution in [0.25, 0.3) is 11.4 Å². The Kier molecular flexibility index (Phi) is 6.11. The molecule has 1 amide bonds. The number of H-pyrrole nitrogens is 1. The second kappa shape index (κ2) is 7.87. The van der Waals surface area contributed by atoms with E-state index in [-0.39, 0.29) is 30.9 Å². The van der Waals surface area contributed by atoms with Gasteiger partial charge in [0.15, 0.2) is 5.82 Å². The van der Waals surface area contributed by atoms with E-state index in [1.54, 1.807) is 0 Å². The Hall–Kier alpha value is -1.48. The summed E-state index contributed by atoms with van der Waals surface area (Å²) in [6.45, 7) is 0.727. The standard InChI is InChI=1S/C14H16BrN5O2.ClH/c15-9-3-1-8(2-4-9)13-18-12(19-20-13)7-17-14(22)11-5-10(21)6-16-11;/h1-4,10-11,16,21H,5-7H2,(H,17,22)(H,18,19,20);1H. The first kappa shape index (κ1) is 17.9. The molecule has 1 aliphatic heterocycles. The number of nitrogens with zero attached hydrogens (tertiary/aromatic N) is 2. The fourth-order valence-electron chi connectivity index (χ4n) is 2.31. The second-order valence-corrected chi connectivity index (χ2v) is 6.10. The summed E-state index contributed by atoms with van der Waals surface area (Å²) in [5, 5.41) is 22.1. The van der Waals surface area contributed by atoms with Gasteiger partial charge in [0.05, 0.1) is 18.7 Å². The average molecular weight is 403 g/mol. The van der Waals surface area contributed by atoms with Gasteiger partial charge >= 0.3 is 0 Å². The number of carbonyl (C=O) groups is 1. The monoisotopic (exact) mass is 401 g/mol. The van der Waals surface area contributed by atoms with E-state index in [2.05, 4.69) is 41.7 Å².